The Labute approximate surface area is 161 Å². The number of hydrazine groups is 1. The van der Waals surface area contributed by atoms with Crippen LogP contribution in [-0.4, -0.2) is 39.4 Å². The van der Waals surface area contributed by atoms with Crippen molar-refractivity contribution in [1.82, 2.24) is 15.4 Å². The number of pyridine rings is 1. The van der Waals surface area contributed by atoms with Gasteiger partial charge in [-0.3, -0.25) is 10.4 Å². The topological polar surface area (TPSA) is 74.7 Å². The fourth-order valence-corrected chi connectivity index (χ4v) is 2.50. The van der Waals surface area contributed by atoms with Gasteiger partial charge >= 0.3 is 6.09 Å². The third kappa shape index (κ3) is 7.37. The molecule has 1 aromatic carbocycles. The maximum atomic E-state index is 12.1. The van der Waals surface area contributed by atoms with Crippen molar-refractivity contribution < 1.29 is 14.6 Å². The zero-order chi connectivity index (χ0) is 19.9. The molecule has 0 unspecified atom stereocenters. The van der Waals surface area contributed by atoms with E-state index in [1.54, 1.807) is 11.2 Å². The lowest BCUT2D eigenvalue weighted by Gasteiger charge is -2.27. The summed E-state index contributed by atoms with van der Waals surface area (Å²) in [6, 6.07) is 13.8. The van der Waals surface area contributed by atoms with Gasteiger partial charge in [0.15, 0.2) is 0 Å². The van der Waals surface area contributed by atoms with Crippen molar-refractivity contribution in [2.45, 2.75) is 52.4 Å². The molecule has 2 rings (SSSR count). The summed E-state index contributed by atoms with van der Waals surface area (Å²) < 4.78 is 5.32. The number of hydrogen-bond donors (Lipinski definition) is 2. The van der Waals surface area contributed by atoms with Gasteiger partial charge in [0.2, 0.25) is 0 Å². The van der Waals surface area contributed by atoms with Crippen molar-refractivity contribution in [2.75, 3.05) is 6.54 Å². The molecule has 6 nitrogen and oxygen atoms in total. The summed E-state index contributed by atoms with van der Waals surface area (Å²) in [5.41, 5.74) is 5.10. The highest BCUT2D eigenvalue weighted by molar-refractivity contribution is 5.67. The molecule has 1 heterocycles. The number of aromatic nitrogens is 1. The van der Waals surface area contributed by atoms with Crippen LogP contribution in [0, 0.1) is 0 Å². The van der Waals surface area contributed by atoms with Crippen LogP contribution < -0.4 is 5.43 Å². The lowest BCUT2D eigenvalue weighted by Crippen LogP contribution is -2.47. The number of carbonyl (C=O) groups is 1. The zero-order valence-corrected chi connectivity index (χ0v) is 16.5. The second-order valence-corrected chi connectivity index (χ2v) is 7.47. The number of amides is 1. The lowest BCUT2D eigenvalue weighted by atomic mass is 10.1. The summed E-state index contributed by atoms with van der Waals surface area (Å²) in [6.45, 7) is 8.12. The molecule has 0 aliphatic heterocycles. The van der Waals surface area contributed by atoms with E-state index in [4.69, 9.17) is 4.74 Å². The van der Waals surface area contributed by atoms with Crippen molar-refractivity contribution in [3.63, 3.8) is 0 Å². The van der Waals surface area contributed by atoms with Gasteiger partial charge in [0.1, 0.15) is 5.60 Å². The number of rotatable bonds is 7. The number of ether oxygens (including phenoxy) is 1. The first kappa shape index (κ1) is 20.9. The van der Waals surface area contributed by atoms with Crippen molar-refractivity contribution in [3.8, 4) is 11.3 Å². The Bertz CT molecular complexity index is 712. The fourth-order valence-electron chi connectivity index (χ4n) is 2.50. The monoisotopic (exact) mass is 371 g/mol. The van der Waals surface area contributed by atoms with E-state index < -0.39 is 17.8 Å². The van der Waals surface area contributed by atoms with Crippen molar-refractivity contribution >= 4 is 6.09 Å². The summed E-state index contributed by atoms with van der Waals surface area (Å²) in [6.07, 6.45) is 1.30. The molecule has 0 saturated heterocycles. The first-order chi connectivity index (χ1) is 12.8. The van der Waals surface area contributed by atoms with Gasteiger partial charge in [-0.15, -0.1) is 0 Å². The van der Waals surface area contributed by atoms with Gasteiger partial charge in [-0.1, -0.05) is 37.3 Å². The maximum absolute atomic E-state index is 12.1. The van der Waals surface area contributed by atoms with E-state index in [1.165, 1.54) is 0 Å². The van der Waals surface area contributed by atoms with Gasteiger partial charge in [-0.2, -0.15) is 0 Å². The number of nitrogens with zero attached hydrogens (tertiary/aromatic N) is 2. The van der Waals surface area contributed by atoms with Gasteiger partial charge in [0.25, 0.3) is 0 Å². The number of hydrogen-bond acceptors (Lipinski definition) is 5. The van der Waals surface area contributed by atoms with Crippen LogP contribution in [0.5, 0.6) is 0 Å². The second kappa shape index (κ2) is 9.48. The molecule has 0 fully saturated rings. The molecule has 6 heteroatoms. The first-order valence-electron chi connectivity index (χ1n) is 9.20. The van der Waals surface area contributed by atoms with Crippen molar-refractivity contribution in [2.24, 2.45) is 0 Å². The largest absolute Gasteiger partial charge is 0.443 e. The van der Waals surface area contributed by atoms with Gasteiger partial charge < -0.3 is 9.84 Å². The van der Waals surface area contributed by atoms with Crippen LogP contribution >= 0.6 is 0 Å². The minimum Gasteiger partial charge on any atom is -0.443 e. The molecule has 0 aliphatic carbocycles. The van der Waals surface area contributed by atoms with E-state index in [0.29, 0.717) is 19.5 Å². The Kier molecular flexibility index (Phi) is 7.33. The van der Waals surface area contributed by atoms with E-state index >= 15 is 0 Å². The van der Waals surface area contributed by atoms with Crippen molar-refractivity contribution in [1.29, 1.82) is 0 Å². The molecule has 1 aromatic heterocycles. The molecule has 0 radical (unpaired) electrons. The van der Waals surface area contributed by atoms with E-state index in [-0.39, 0.29) is 0 Å². The van der Waals surface area contributed by atoms with E-state index in [9.17, 15) is 9.90 Å². The standard InChI is InChI=1S/C21H29N3O3/c1-5-18(25)15-24(23-20(26)27-21(2,3)4)14-16-9-11-17(12-10-16)19-8-6-7-13-22-19/h6-13,18,25H,5,14-15H2,1-4H3,(H,23,26)/t18-/m1/s1. The minimum atomic E-state index is -0.580. The molecule has 146 valence electrons. The average Bonchev–Trinajstić information content (AvgIpc) is 2.61. The molecule has 1 amide bonds. The van der Waals surface area contributed by atoms with Crippen LogP contribution in [0.3, 0.4) is 0 Å². The summed E-state index contributed by atoms with van der Waals surface area (Å²) in [4.78, 5) is 16.4. The highest BCUT2D eigenvalue weighted by Crippen LogP contribution is 2.17. The number of carbonyl (C=O) groups excluding carboxylic acids is 1. The predicted molar refractivity (Wildman–Crippen MR) is 106 cm³/mol. The normalized spacial score (nSPS) is 12.7. The van der Waals surface area contributed by atoms with Crippen LogP contribution in [0.1, 0.15) is 39.7 Å². The number of nitrogens with one attached hydrogen (secondary N) is 1. The van der Waals surface area contributed by atoms with Crippen LogP contribution in [-0.2, 0) is 11.3 Å². The third-order valence-corrected chi connectivity index (χ3v) is 3.84. The van der Waals surface area contributed by atoms with Gasteiger partial charge in [0, 0.05) is 24.8 Å². The number of benzene rings is 1. The molecule has 0 spiro atoms. The molecule has 2 N–H and O–H groups in total. The van der Waals surface area contributed by atoms with E-state index in [1.807, 2.05) is 70.2 Å². The van der Waals surface area contributed by atoms with Gasteiger partial charge in [-0.25, -0.2) is 9.80 Å². The fraction of sp³-hybridized carbons (Fsp3) is 0.429. The Morgan fingerprint density at radius 2 is 1.93 bits per heavy atom. The van der Waals surface area contributed by atoms with Crippen molar-refractivity contribution in [3.05, 3.63) is 54.2 Å². The number of aliphatic hydroxyl groups excluding tert-OH is 1. The van der Waals surface area contributed by atoms with Crippen LogP contribution in [0.4, 0.5) is 4.79 Å². The Morgan fingerprint density at radius 1 is 1.22 bits per heavy atom. The van der Waals surface area contributed by atoms with E-state index in [2.05, 4.69) is 10.4 Å². The quantitative estimate of drug-likeness (QED) is 0.725. The summed E-state index contributed by atoms with van der Waals surface area (Å²) in [5.74, 6) is 0. The molecule has 2 aromatic rings. The first-order valence-corrected chi connectivity index (χ1v) is 9.20. The summed E-state index contributed by atoms with van der Waals surface area (Å²) in [7, 11) is 0. The molecule has 0 aliphatic rings. The molecule has 27 heavy (non-hydrogen) atoms. The molecule has 0 saturated carbocycles. The molecule has 1 atom stereocenters. The number of aliphatic hydroxyl groups is 1. The Balaban J connectivity index is 2.06. The van der Waals surface area contributed by atoms with Gasteiger partial charge in [-0.05, 0) is 44.9 Å². The van der Waals surface area contributed by atoms with Crippen LogP contribution in [0.2, 0.25) is 0 Å². The Morgan fingerprint density at radius 3 is 2.48 bits per heavy atom. The van der Waals surface area contributed by atoms with Crippen LogP contribution in [0.25, 0.3) is 11.3 Å². The average molecular weight is 371 g/mol. The second-order valence-electron chi connectivity index (χ2n) is 7.47. The smallest absolute Gasteiger partial charge is 0.422 e. The maximum Gasteiger partial charge on any atom is 0.422 e. The van der Waals surface area contributed by atoms with Gasteiger partial charge in [0.05, 0.1) is 11.8 Å². The SMILES string of the molecule is CC[C@@H](O)CN(Cc1ccc(-c2ccccn2)cc1)NC(=O)OC(C)(C)C. The highest BCUT2D eigenvalue weighted by atomic mass is 16.6. The summed E-state index contributed by atoms with van der Waals surface area (Å²) in [5, 5.41) is 11.7. The minimum absolute atomic E-state index is 0.317. The Hall–Kier alpha value is -2.44. The molecule has 0 bridgehead atoms. The molecular weight excluding hydrogens is 342 g/mol. The predicted octanol–water partition coefficient (Wildman–Crippen LogP) is 3.76. The zero-order valence-electron chi connectivity index (χ0n) is 16.5. The van der Waals surface area contributed by atoms with E-state index in [0.717, 1.165) is 16.8 Å². The summed E-state index contributed by atoms with van der Waals surface area (Å²) >= 11 is 0. The lowest BCUT2D eigenvalue weighted by molar-refractivity contribution is 0.0202. The molecular formula is C21H29N3O3. The highest BCUT2D eigenvalue weighted by Gasteiger charge is 2.20. The van der Waals surface area contributed by atoms with Crippen LogP contribution in [0.15, 0.2) is 48.7 Å². The third-order valence-electron chi connectivity index (χ3n) is 3.84.